The summed E-state index contributed by atoms with van der Waals surface area (Å²) >= 11 is 0. The lowest BCUT2D eigenvalue weighted by atomic mass is 10.5. The summed E-state index contributed by atoms with van der Waals surface area (Å²) in [6.45, 7) is 8.26. The van der Waals surface area contributed by atoms with Gasteiger partial charge in [-0.1, -0.05) is 0 Å². The van der Waals surface area contributed by atoms with E-state index in [0.717, 1.165) is 0 Å². The molecule has 0 heterocycles. The van der Waals surface area contributed by atoms with Gasteiger partial charge in [0.15, 0.2) is 0 Å². The van der Waals surface area contributed by atoms with E-state index < -0.39 is 0 Å². The minimum absolute atomic E-state index is 0.239. The predicted octanol–water partition coefficient (Wildman–Crippen LogP) is 1.01. The summed E-state index contributed by atoms with van der Waals surface area (Å²) in [7, 11) is 0. The van der Waals surface area contributed by atoms with Crippen molar-refractivity contribution in [3.8, 4) is 0 Å². The van der Waals surface area contributed by atoms with Gasteiger partial charge in [0.25, 0.3) is 0 Å². The van der Waals surface area contributed by atoms with Crippen LogP contribution in [0.1, 0.15) is 20.8 Å². The largest absolute Gasteiger partial charge is 0.463 e. The third-order valence-electron chi connectivity index (χ3n) is 1.58. The summed E-state index contributed by atoms with van der Waals surface area (Å²) in [6.07, 6.45) is 0.239. The minimum Gasteiger partial charge on any atom is -0.463 e. The molecular weight excluding hydrogens is 212 g/mol. The first-order chi connectivity index (χ1) is 7.63. The van der Waals surface area contributed by atoms with Gasteiger partial charge in [0, 0.05) is 6.92 Å². The molecule has 5 nitrogen and oxygen atoms in total. The second kappa shape index (κ2) is 10.9. The van der Waals surface area contributed by atoms with E-state index in [0.29, 0.717) is 39.6 Å². The number of esters is 1. The number of hydrogen-bond acceptors (Lipinski definition) is 5. The molecular formula is C11H22O5. The molecule has 0 aromatic heterocycles. The Balaban J connectivity index is 2.96. The highest BCUT2D eigenvalue weighted by Crippen LogP contribution is 1.87. The van der Waals surface area contributed by atoms with Crippen molar-refractivity contribution in [2.75, 3.05) is 39.6 Å². The van der Waals surface area contributed by atoms with Crippen molar-refractivity contribution in [3.05, 3.63) is 0 Å². The molecule has 0 aliphatic heterocycles. The normalized spacial score (nSPS) is 10.8. The van der Waals surface area contributed by atoms with E-state index in [1.165, 1.54) is 6.92 Å². The van der Waals surface area contributed by atoms with Crippen molar-refractivity contribution >= 4 is 5.97 Å². The zero-order valence-corrected chi connectivity index (χ0v) is 10.4. The average molecular weight is 234 g/mol. The van der Waals surface area contributed by atoms with Gasteiger partial charge >= 0.3 is 5.97 Å². The van der Waals surface area contributed by atoms with Crippen LogP contribution in [0.15, 0.2) is 0 Å². The van der Waals surface area contributed by atoms with Gasteiger partial charge in [0.2, 0.25) is 0 Å². The van der Waals surface area contributed by atoms with Crippen molar-refractivity contribution in [2.45, 2.75) is 26.9 Å². The maximum Gasteiger partial charge on any atom is 0.302 e. The lowest BCUT2D eigenvalue weighted by molar-refractivity contribution is -0.142. The Morgan fingerprint density at radius 2 is 1.44 bits per heavy atom. The number of ether oxygens (including phenoxy) is 4. The van der Waals surface area contributed by atoms with E-state index in [2.05, 4.69) is 4.74 Å². The van der Waals surface area contributed by atoms with Crippen LogP contribution in [-0.4, -0.2) is 51.7 Å². The summed E-state index contributed by atoms with van der Waals surface area (Å²) in [5.41, 5.74) is 0. The van der Waals surface area contributed by atoms with Crippen molar-refractivity contribution in [1.82, 2.24) is 0 Å². The molecule has 0 amide bonds. The van der Waals surface area contributed by atoms with Gasteiger partial charge in [-0.05, 0) is 13.8 Å². The van der Waals surface area contributed by atoms with Gasteiger partial charge < -0.3 is 18.9 Å². The first kappa shape index (κ1) is 15.3. The molecule has 0 N–H and O–H groups in total. The summed E-state index contributed by atoms with van der Waals surface area (Å²) in [4.78, 5) is 10.4. The molecule has 0 saturated carbocycles. The molecule has 0 rings (SSSR count). The molecule has 0 aromatic carbocycles. The van der Waals surface area contributed by atoms with Crippen LogP contribution in [0.2, 0.25) is 0 Å². The highest BCUT2D eigenvalue weighted by Gasteiger charge is 1.95. The maximum atomic E-state index is 10.4. The Morgan fingerprint density at radius 1 is 0.938 bits per heavy atom. The Hall–Kier alpha value is -0.650. The third-order valence-corrected chi connectivity index (χ3v) is 1.58. The monoisotopic (exact) mass is 234 g/mol. The zero-order chi connectivity index (χ0) is 12.2. The summed E-state index contributed by atoms with van der Waals surface area (Å²) < 4.78 is 20.4. The summed E-state index contributed by atoms with van der Waals surface area (Å²) in [5, 5.41) is 0. The van der Waals surface area contributed by atoms with Crippen LogP contribution in [-0.2, 0) is 23.7 Å². The smallest absolute Gasteiger partial charge is 0.302 e. The molecule has 0 bridgehead atoms. The van der Waals surface area contributed by atoms with Gasteiger partial charge in [-0.3, -0.25) is 4.79 Å². The van der Waals surface area contributed by atoms with Crippen LogP contribution >= 0.6 is 0 Å². The van der Waals surface area contributed by atoms with Gasteiger partial charge in [-0.2, -0.15) is 0 Å². The second-order valence-electron chi connectivity index (χ2n) is 3.48. The third kappa shape index (κ3) is 13.4. The zero-order valence-electron chi connectivity index (χ0n) is 10.4. The van der Waals surface area contributed by atoms with Crippen molar-refractivity contribution in [1.29, 1.82) is 0 Å². The molecule has 5 heteroatoms. The molecule has 0 aliphatic carbocycles. The van der Waals surface area contributed by atoms with Crippen LogP contribution < -0.4 is 0 Å². The maximum absolute atomic E-state index is 10.4. The SMILES string of the molecule is CC(=O)OCCOCCOCCOC(C)C. The quantitative estimate of drug-likeness (QED) is 0.417. The topological polar surface area (TPSA) is 54.0 Å². The van der Waals surface area contributed by atoms with Crippen molar-refractivity contribution in [3.63, 3.8) is 0 Å². The van der Waals surface area contributed by atoms with Gasteiger partial charge in [0.1, 0.15) is 6.61 Å². The number of carbonyl (C=O) groups is 1. The minimum atomic E-state index is -0.286. The van der Waals surface area contributed by atoms with Crippen LogP contribution in [0, 0.1) is 0 Å². The molecule has 0 aliphatic rings. The molecule has 0 fully saturated rings. The highest BCUT2D eigenvalue weighted by molar-refractivity contribution is 5.65. The van der Waals surface area contributed by atoms with Gasteiger partial charge in [-0.15, -0.1) is 0 Å². The molecule has 0 spiro atoms. The van der Waals surface area contributed by atoms with Gasteiger partial charge in [-0.25, -0.2) is 0 Å². The van der Waals surface area contributed by atoms with E-state index in [-0.39, 0.29) is 12.1 Å². The Bertz CT molecular complexity index is 170. The second-order valence-corrected chi connectivity index (χ2v) is 3.48. The van der Waals surface area contributed by atoms with Gasteiger partial charge in [0.05, 0.1) is 39.1 Å². The molecule has 16 heavy (non-hydrogen) atoms. The highest BCUT2D eigenvalue weighted by atomic mass is 16.6. The van der Waals surface area contributed by atoms with Crippen molar-refractivity contribution < 1.29 is 23.7 Å². The Labute approximate surface area is 97.0 Å². The Kier molecular flexibility index (Phi) is 10.4. The standard InChI is InChI=1S/C11H22O5/c1-10(2)15-8-6-13-4-5-14-7-9-16-11(3)12/h10H,4-9H2,1-3H3. The molecule has 0 atom stereocenters. The summed E-state index contributed by atoms with van der Waals surface area (Å²) in [6, 6.07) is 0. The van der Waals surface area contributed by atoms with Crippen LogP contribution in [0.25, 0.3) is 0 Å². The first-order valence-corrected chi connectivity index (χ1v) is 5.53. The van der Waals surface area contributed by atoms with E-state index >= 15 is 0 Å². The lowest BCUT2D eigenvalue weighted by Gasteiger charge is -2.08. The van der Waals surface area contributed by atoms with E-state index in [4.69, 9.17) is 14.2 Å². The van der Waals surface area contributed by atoms with Crippen LogP contribution in [0.4, 0.5) is 0 Å². The van der Waals surface area contributed by atoms with Crippen LogP contribution in [0.5, 0.6) is 0 Å². The molecule has 96 valence electrons. The summed E-state index contributed by atoms with van der Waals surface area (Å²) in [5.74, 6) is -0.286. The van der Waals surface area contributed by atoms with Crippen LogP contribution in [0.3, 0.4) is 0 Å². The Morgan fingerprint density at radius 3 is 1.94 bits per heavy atom. The molecule has 0 saturated heterocycles. The first-order valence-electron chi connectivity index (χ1n) is 5.53. The lowest BCUT2D eigenvalue weighted by Crippen LogP contribution is -2.14. The molecule has 0 radical (unpaired) electrons. The van der Waals surface area contributed by atoms with E-state index in [1.54, 1.807) is 0 Å². The fraction of sp³-hybridized carbons (Fsp3) is 0.909. The van der Waals surface area contributed by atoms with Crippen molar-refractivity contribution in [2.24, 2.45) is 0 Å². The fourth-order valence-electron chi connectivity index (χ4n) is 0.909. The number of hydrogen-bond donors (Lipinski definition) is 0. The van der Waals surface area contributed by atoms with E-state index in [9.17, 15) is 4.79 Å². The number of carbonyl (C=O) groups excluding carboxylic acids is 1. The molecule has 0 aromatic rings. The van der Waals surface area contributed by atoms with E-state index in [1.807, 2.05) is 13.8 Å². The fourth-order valence-corrected chi connectivity index (χ4v) is 0.909. The predicted molar refractivity (Wildman–Crippen MR) is 59.4 cm³/mol. The average Bonchev–Trinajstić information content (AvgIpc) is 2.20. The molecule has 0 unspecified atom stereocenters. The number of rotatable bonds is 10.